The molecule has 0 saturated carbocycles. The molecule has 0 unspecified atom stereocenters. The maximum atomic E-state index is 12.7. The van der Waals surface area contributed by atoms with Crippen LogP contribution in [0.3, 0.4) is 0 Å². The van der Waals surface area contributed by atoms with Crippen molar-refractivity contribution in [3.8, 4) is 0 Å². The number of hydrogen-bond donors (Lipinski definition) is 3. The van der Waals surface area contributed by atoms with Crippen molar-refractivity contribution in [2.45, 2.75) is 20.8 Å². The number of anilines is 2. The summed E-state index contributed by atoms with van der Waals surface area (Å²) in [5.41, 5.74) is 3.66. The van der Waals surface area contributed by atoms with Crippen LogP contribution < -0.4 is 16.0 Å². The number of rotatable bonds is 6. The summed E-state index contributed by atoms with van der Waals surface area (Å²) >= 11 is 5.13. The number of aryl methyl sites for hydroxylation is 2. The molecule has 2 amide bonds. The number of benzene rings is 2. The van der Waals surface area contributed by atoms with E-state index in [2.05, 4.69) is 16.0 Å². The van der Waals surface area contributed by atoms with Gasteiger partial charge < -0.3 is 15.4 Å². The highest BCUT2D eigenvalue weighted by molar-refractivity contribution is 7.80. The molecule has 0 radical (unpaired) electrons. The Morgan fingerprint density at radius 1 is 1.00 bits per heavy atom. The molecule has 2 aromatic rings. The molecule has 0 fully saturated rings. The standard InChI is InChI=1S/C22H23N3O4S/c1-4-29-20(27)12-11-19(26)25-22(30)24-18-8-6-5-7-17(18)21(28)23-16-10-9-14(2)15(3)13-16/h5-13H,4H2,1-3H3,(H,23,28)(H2,24,25,26,30). The lowest BCUT2D eigenvalue weighted by atomic mass is 10.1. The van der Waals surface area contributed by atoms with E-state index in [9.17, 15) is 14.4 Å². The minimum Gasteiger partial charge on any atom is -0.463 e. The molecule has 30 heavy (non-hydrogen) atoms. The Balaban J connectivity index is 2.04. The van der Waals surface area contributed by atoms with Crippen LogP contribution in [0, 0.1) is 13.8 Å². The van der Waals surface area contributed by atoms with Gasteiger partial charge in [0, 0.05) is 17.8 Å². The largest absolute Gasteiger partial charge is 0.463 e. The topological polar surface area (TPSA) is 96.5 Å². The highest BCUT2D eigenvalue weighted by Gasteiger charge is 2.13. The number of amides is 2. The zero-order chi connectivity index (χ0) is 22.1. The van der Waals surface area contributed by atoms with Gasteiger partial charge >= 0.3 is 5.97 Å². The number of nitrogens with one attached hydrogen (secondary N) is 3. The summed E-state index contributed by atoms with van der Waals surface area (Å²) in [6.07, 6.45) is 2.02. The number of esters is 1. The summed E-state index contributed by atoms with van der Waals surface area (Å²) in [5, 5.41) is 8.08. The first-order valence-electron chi connectivity index (χ1n) is 9.24. The average Bonchev–Trinajstić information content (AvgIpc) is 2.69. The number of thiocarbonyl (C=S) groups is 1. The van der Waals surface area contributed by atoms with Crippen LogP contribution in [0.5, 0.6) is 0 Å². The van der Waals surface area contributed by atoms with Gasteiger partial charge in [-0.1, -0.05) is 18.2 Å². The Kier molecular flexibility index (Phi) is 8.25. The van der Waals surface area contributed by atoms with E-state index in [1.807, 2.05) is 32.0 Å². The fourth-order valence-electron chi connectivity index (χ4n) is 2.45. The van der Waals surface area contributed by atoms with Crippen LogP contribution in [-0.4, -0.2) is 29.5 Å². The van der Waals surface area contributed by atoms with Gasteiger partial charge in [-0.2, -0.15) is 0 Å². The van der Waals surface area contributed by atoms with Crippen LogP contribution in [0.2, 0.25) is 0 Å². The van der Waals surface area contributed by atoms with Crippen LogP contribution in [0.1, 0.15) is 28.4 Å². The van der Waals surface area contributed by atoms with E-state index in [1.165, 1.54) is 0 Å². The van der Waals surface area contributed by atoms with Crippen molar-refractivity contribution < 1.29 is 19.1 Å². The van der Waals surface area contributed by atoms with Crippen LogP contribution in [0.15, 0.2) is 54.6 Å². The lowest BCUT2D eigenvalue weighted by Gasteiger charge is -2.13. The molecular formula is C22H23N3O4S. The van der Waals surface area contributed by atoms with Crippen LogP contribution in [0.4, 0.5) is 11.4 Å². The van der Waals surface area contributed by atoms with Gasteiger partial charge in [0.05, 0.1) is 17.9 Å². The summed E-state index contributed by atoms with van der Waals surface area (Å²) in [7, 11) is 0. The van der Waals surface area contributed by atoms with E-state index in [-0.39, 0.29) is 17.6 Å². The molecule has 0 aliphatic carbocycles. The van der Waals surface area contributed by atoms with Gasteiger partial charge in [0.2, 0.25) is 5.91 Å². The second-order valence-corrected chi connectivity index (χ2v) is 6.74. The Morgan fingerprint density at radius 3 is 2.43 bits per heavy atom. The van der Waals surface area contributed by atoms with Crippen LogP contribution >= 0.6 is 12.2 Å². The Morgan fingerprint density at radius 2 is 1.73 bits per heavy atom. The van der Waals surface area contributed by atoms with Crippen LogP contribution in [0.25, 0.3) is 0 Å². The van der Waals surface area contributed by atoms with Crippen molar-refractivity contribution in [1.29, 1.82) is 0 Å². The number of carbonyl (C=O) groups excluding carboxylic acids is 3. The average molecular weight is 426 g/mol. The van der Waals surface area contributed by atoms with E-state index in [0.29, 0.717) is 16.9 Å². The predicted molar refractivity (Wildman–Crippen MR) is 120 cm³/mol. The SMILES string of the molecule is CCOC(=O)C=CC(=O)NC(=S)Nc1ccccc1C(=O)Nc1ccc(C)c(C)c1. The van der Waals surface area contributed by atoms with Gasteiger partial charge in [-0.25, -0.2) is 4.79 Å². The zero-order valence-electron chi connectivity index (χ0n) is 16.9. The normalized spacial score (nSPS) is 10.4. The third-order valence-corrected chi connectivity index (χ3v) is 4.28. The molecular weight excluding hydrogens is 402 g/mol. The number of hydrogen-bond acceptors (Lipinski definition) is 5. The van der Waals surface area contributed by atoms with E-state index >= 15 is 0 Å². The molecule has 0 aliphatic rings. The van der Waals surface area contributed by atoms with Crippen molar-refractivity contribution in [2.24, 2.45) is 0 Å². The Labute approximate surface area is 180 Å². The third-order valence-electron chi connectivity index (χ3n) is 4.08. The molecule has 0 atom stereocenters. The second-order valence-electron chi connectivity index (χ2n) is 6.33. The van der Waals surface area contributed by atoms with Gasteiger partial charge in [0.25, 0.3) is 5.91 Å². The fourth-order valence-corrected chi connectivity index (χ4v) is 2.66. The highest BCUT2D eigenvalue weighted by atomic mass is 32.1. The molecule has 0 heterocycles. The predicted octanol–water partition coefficient (Wildman–Crippen LogP) is 3.49. The van der Waals surface area contributed by atoms with Crippen LogP contribution in [-0.2, 0) is 14.3 Å². The van der Waals surface area contributed by atoms with E-state index in [1.54, 1.807) is 31.2 Å². The third kappa shape index (κ3) is 6.82. The molecule has 156 valence electrons. The minimum absolute atomic E-state index is 0.0139. The van der Waals surface area contributed by atoms with E-state index in [0.717, 1.165) is 23.3 Å². The van der Waals surface area contributed by atoms with Gasteiger partial charge in [0.15, 0.2) is 5.11 Å². The molecule has 0 aliphatic heterocycles. The molecule has 0 saturated heterocycles. The number of ether oxygens (including phenoxy) is 1. The van der Waals surface area contributed by atoms with Gasteiger partial charge in [0.1, 0.15) is 0 Å². The highest BCUT2D eigenvalue weighted by Crippen LogP contribution is 2.19. The molecule has 0 bridgehead atoms. The first-order valence-corrected chi connectivity index (χ1v) is 9.65. The molecule has 3 N–H and O–H groups in total. The van der Waals surface area contributed by atoms with Gasteiger partial charge in [-0.3, -0.25) is 14.9 Å². The lowest BCUT2D eigenvalue weighted by molar-refractivity contribution is -0.137. The summed E-state index contributed by atoms with van der Waals surface area (Å²) in [4.78, 5) is 35.8. The molecule has 7 nitrogen and oxygen atoms in total. The quantitative estimate of drug-likeness (QED) is 0.372. The lowest BCUT2D eigenvalue weighted by Crippen LogP contribution is -2.33. The summed E-state index contributed by atoms with van der Waals surface area (Å²) in [5.74, 6) is -1.55. The maximum absolute atomic E-state index is 12.7. The Hall–Kier alpha value is -3.52. The second kappa shape index (κ2) is 10.9. The van der Waals surface area contributed by atoms with E-state index < -0.39 is 11.9 Å². The summed E-state index contributed by atoms with van der Waals surface area (Å²) in [6.45, 7) is 5.85. The Bertz CT molecular complexity index is 1000. The monoisotopic (exact) mass is 425 g/mol. The zero-order valence-corrected chi connectivity index (χ0v) is 17.8. The maximum Gasteiger partial charge on any atom is 0.330 e. The minimum atomic E-state index is -0.625. The molecule has 8 heteroatoms. The molecule has 2 rings (SSSR count). The fraction of sp³-hybridized carbons (Fsp3) is 0.182. The van der Waals surface area contributed by atoms with Gasteiger partial charge in [-0.05, 0) is 68.4 Å². The number of para-hydroxylation sites is 1. The van der Waals surface area contributed by atoms with Crippen molar-refractivity contribution in [3.05, 3.63) is 71.3 Å². The van der Waals surface area contributed by atoms with Crippen molar-refractivity contribution in [3.63, 3.8) is 0 Å². The number of carbonyl (C=O) groups is 3. The summed E-state index contributed by atoms with van der Waals surface area (Å²) < 4.78 is 4.70. The van der Waals surface area contributed by atoms with Crippen molar-refractivity contribution >= 4 is 46.5 Å². The van der Waals surface area contributed by atoms with Crippen molar-refractivity contribution in [2.75, 3.05) is 17.2 Å². The smallest absolute Gasteiger partial charge is 0.330 e. The molecule has 0 spiro atoms. The first kappa shape index (κ1) is 22.8. The van der Waals surface area contributed by atoms with Crippen molar-refractivity contribution in [1.82, 2.24) is 5.32 Å². The molecule has 0 aromatic heterocycles. The first-order chi connectivity index (χ1) is 14.3. The van der Waals surface area contributed by atoms with Gasteiger partial charge in [-0.15, -0.1) is 0 Å². The summed E-state index contributed by atoms with van der Waals surface area (Å²) in [6, 6.07) is 12.4. The van der Waals surface area contributed by atoms with E-state index in [4.69, 9.17) is 17.0 Å². The molecule has 2 aromatic carbocycles.